The zero-order chi connectivity index (χ0) is 20.1. The summed E-state index contributed by atoms with van der Waals surface area (Å²) in [6.45, 7) is 2.57. The molecule has 28 heavy (non-hydrogen) atoms. The molecular weight excluding hydrogens is 382 g/mol. The number of hydrogen-bond donors (Lipinski definition) is 1. The van der Waals surface area contributed by atoms with E-state index in [9.17, 15) is 18.4 Å². The third kappa shape index (κ3) is 4.52. The summed E-state index contributed by atoms with van der Waals surface area (Å²) in [6, 6.07) is 10.6. The predicted molar refractivity (Wildman–Crippen MR) is 106 cm³/mol. The van der Waals surface area contributed by atoms with Crippen molar-refractivity contribution in [2.24, 2.45) is 0 Å². The number of carbonyl (C=O) groups is 2. The lowest BCUT2D eigenvalue weighted by atomic mass is 10.1. The Labute approximate surface area is 167 Å². The number of thioether (sulfide) groups is 1. The highest BCUT2D eigenvalue weighted by atomic mass is 32.2. The molecule has 1 saturated heterocycles. The second kappa shape index (κ2) is 9.19. The zero-order valence-electron chi connectivity index (χ0n) is 15.5. The Morgan fingerprint density at radius 2 is 1.89 bits per heavy atom. The molecule has 2 aromatic carbocycles. The highest BCUT2D eigenvalue weighted by Gasteiger charge is 2.42. The third-order valence-corrected chi connectivity index (χ3v) is 5.92. The van der Waals surface area contributed by atoms with Crippen LogP contribution in [-0.4, -0.2) is 35.1 Å². The van der Waals surface area contributed by atoms with Crippen LogP contribution in [-0.2, 0) is 4.79 Å². The third-order valence-electron chi connectivity index (χ3n) is 4.59. The topological polar surface area (TPSA) is 49.4 Å². The lowest BCUT2D eigenvalue weighted by Gasteiger charge is -2.29. The molecule has 1 aliphatic heterocycles. The van der Waals surface area contributed by atoms with Crippen molar-refractivity contribution in [2.75, 3.05) is 12.3 Å². The van der Waals surface area contributed by atoms with Gasteiger partial charge in [0.15, 0.2) is 0 Å². The quantitative estimate of drug-likeness (QED) is 0.737. The fourth-order valence-corrected chi connectivity index (χ4v) is 4.55. The fraction of sp³-hybridized carbons (Fsp3) is 0.333. The van der Waals surface area contributed by atoms with Crippen LogP contribution >= 0.6 is 11.8 Å². The maximum absolute atomic E-state index is 13.6. The summed E-state index contributed by atoms with van der Waals surface area (Å²) in [5.74, 6) is -1.12. The van der Waals surface area contributed by atoms with Crippen molar-refractivity contribution in [3.8, 4) is 0 Å². The smallest absolute Gasteiger partial charge is 0.255 e. The van der Waals surface area contributed by atoms with Crippen LogP contribution in [0.3, 0.4) is 0 Å². The molecule has 2 atom stereocenters. The summed E-state index contributed by atoms with van der Waals surface area (Å²) >= 11 is 1.44. The van der Waals surface area contributed by atoms with Crippen molar-refractivity contribution < 1.29 is 18.4 Å². The minimum Gasteiger partial charge on any atom is -0.354 e. The highest BCUT2D eigenvalue weighted by molar-refractivity contribution is 7.99. The number of nitrogens with zero attached hydrogens (tertiary/aromatic N) is 1. The van der Waals surface area contributed by atoms with E-state index in [1.165, 1.54) is 53.1 Å². The minimum absolute atomic E-state index is 0.181. The van der Waals surface area contributed by atoms with Crippen LogP contribution in [0.4, 0.5) is 8.78 Å². The van der Waals surface area contributed by atoms with E-state index in [1.54, 1.807) is 12.1 Å². The number of amides is 2. The molecular formula is C21H22F2N2O2S. The van der Waals surface area contributed by atoms with E-state index in [4.69, 9.17) is 0 Å². The summed E-state index contributed by atoms with van der Waals surface area (Å²) in [6.07, 6.45) is 1.80. The zero-order valence-corrected chi connectivity index (χ0v) is 16.3. The first-order valence-corrected chi connectivity index (χ1v) is 10.3. The van der Waals surface area contributed by atoms with Crippen molar-refractivity contribution in [2.45, 2.75) is 31.2 Å². The SMILES string of the molecule is CCCCNC(=O)C1CSC(c2ccc(F)cc2)N1C(=O)c1cccc(F)c1. The van der Waals surface area contributed by atoms with Crippen LogP contribution in [0.5, 0.6) is 0 Å². The van der Waals surface area contributed by atoms with Crippen LogP contribution in [0.1, 0.15) is 41.1 Å². The number of hydrogen-bond acceptors (Lipinski definition) is 3. The van der Waals surface area contributed by atoms with Gasteiger partial charge >= 0.3 is 0 Å². The summed E-state index contributed by atoms with van der Waals surface area (Å²) in [5.41, 5.74) is 0.904. The van der Waals surface area contributed by atoms with E-state index in [0.717, 1.165) is 18.4 Å². The van der Waals surface area contributed by atoms with Crippen molar-refractivity contribution in [3.63, 3.8) is 0 Å². The maximum atomic E-state index is 13.6. The van der Waals surface area contributed by atoms with Gasteiger partial charge in [-0.05, 0) is 42.3 Å². The van der Waals surface area contributed by atoms with Crippen molar-refractivity contribution in [1.82, 2.24) is 10.2 Å². The molecule has 148 valence electrons. The number of unbranched alkanes of at least 4 members (excludes halogenated alkanes) is 1. The fourth-order valence-electron chi connectivity index (χ4n) is 3.12. The van der Waals surface area contributed by atoms with Crippen molar-refractivity contribution >= 4 is 23.6 Å². The second-order valence-corrected chi connectivity index (χ2v) is 7.73. The maximum Gasteiger partial charge on any atom is 0.255 e. The lowest BCUT2D eigenvalue weighted by Crippen LogP contribution is -2.48. The van der Waals surface area contributed by atoms with E-state index in [1.807, 2.05) is 6.92 Å². The summed E-state index contributed by atoms with van der Waals surface area (Å²) < 4.78 is 27.0. The molecule has 4 nitrogen and oxygen atoms in total. The minimum atomic E-state index is -0.673. The number of rotatable bonds is 6. The molecule has 2 unspecified atom stereocenters. The molecule has 0 aliphatic carbocycles. The monoisotopic (exact) mass is 404 g/mol. The Morgan fingerprint density at radius 3 is 2.57 bits per heavy atom. The Bertz CT molecular complexity index is 845. The molecule has 0 aromatic heterocycles. The Kier molecular flexibility index (Phi) is 6.67. The first kappa shape index (κ1) is 20.3. The van der Waals surface area contributed by atoms with Crippen LogP contribution in [0, 0.1) is 11.6 Å². The van der Waals surface area contributed by atoms with E-state index in [-0.39, 0.29) is 17.3 Å². The Hall–Kier alpha value is -2.41. The number of nitrogens with one attached hydrogen (secondary N) is 1. The molecule has 3 rings (SSSR count). The Balaban J connectivity index is 1.90. The molecule has 0 saturated carbocycles. The largest absolute Gasteiger partial charge is 0.354 e. The summed E-state index contributed by atoms with van der Waals surface area (Å²) in [7, 11) is 0. The van der Waals surface area contributed by atoms with E-state index in [2.05, 4.69) is 5.32 Å². The first-order valence-electron chi connectivity index (χ1n) is 9.24. The van der Waals surface area contributed by atoms with Gasteiger partial charge in [-0.1, -0.05) is 31.5 Å². The molecule has 0 spiro atoms. The average molecular weight is 404 g/mol. The molecule has 0 radical (unpaired) electrons. The van der Waals surface area contributed by atoms with Gasteiger partial charge in [-0.25, -0.2) is 8.78 Å². The lowest BCUT2D eigenvalue weighted by molar-refractivity contribution is -0.124. The van der Waals surface area contributed by atoms with Gasteiger partial charge in [0.2, 0.25) is 5.91 Å². The predicted octanol–water partition coefficient (Wildman–Crippen LogP) is 4.14. The van der Waals surface area contributed by atoms with Crippen LogP contribution in [0.2, 0.25) is 0 Å². The first-order chi connectivity index (χ1) is 13.5. The molecule has 1 fully saturated rings. The summed E-state index contributed by atoms with van der Waals surface area (Å²) in [5, 5.41) is 2.43. The normalized spacial score (nSPS) is 18.9. The van der Waals surface area contributed by atoms with Gasteiger partial charge in [-0.3, -0.25) is 9.59 Å². The molecule has 1 aliphatic rings. The summed E-state index contributed by atoms with van der Waals surface area (Å²) in [4.78, 5) is 27.4. The molecule has 2 aromatic rings. The number of halogens is 2. The van der Waals surface area contributed by atoms with Crippen molar-refractivity contribution in [1.29, 1.82) is 0 Å². The van der Waals surface area contributed by atoms with Gasteiger partial charge in [0.05, 0.1) is 0 Å². The molecule has 2 amide bonds. The van der Waals surface area contributed by atoms with E-state index < -0.39 is 23.1 Å². The van der Waals surface area contributed by atoms with Gasteiger partial charge in [0.25, 0.3) is 5.91 Å². The molecule has 0 bridgehead atoms. The van der Waals surface area contributed by atoms with Gasteiger partial charge in [-0.2, -0.15) is 0 Å². The van der Waals surface area contributed by atoms with Crippen molar-refractivity contribution in [3.05, 3.63) is 71.3 Å². The van der Waals surface area contributed by atoms with Gasteiger partial charge in [0.1, 0.15) is 23.1 Å². The van der Waals surface area contributed by atoms with Crippen LogP contribution in [0.15, 0.2) is 48.5 Å². The average Bonchev–Trinajstić information content (AvgIpc) is 3.13. The standard InChI is InChI=1S/C21H22F2N2O2S/c1-2-3-11-24-19(26)18-13-28-21(14-7-9-16(22)10-8-14)25(18)20(27)15-5-4-6-17(23)12-15/h4-10,12,18,21H,2-3,11,13H2,1H3,(H,24,26). The number of benzene rings is 2. The van der Waals surface area contributed by atoms with Gasteiger partial charge < -0.3 is 10.2 Å². The highest BCUT2D eigenvalue weighted by Crippen LogP contribution is 2.42. The number of carbonyl (C=O) groups excluding carboxylic acids is 2. The molecule has 7 heteroatoms. The van der Waals surface area contributed by atoms with Gasteiger partial charge in [-0.15, -0.1) is 11.8 Å². The molecule has 1 N–H and O–H groups in total. The van der Waals surface area contributed by atoms with Crippen LogP contribution < -0.4 is 5.32 Å². The second-order valence-electron chi connectivity index (χ2n) is 6.62. The van der Waals surface area contributed by atoms with E-state index in [0.29, 0.717) is 12.3 Å². The Morgan fingerprint density at radius 1 is 1.14 bits per heavy atom. The van der Waals surface area contributed by atoms with E-state index >= 15 is 0 Å². The molecule has 1 heterocycles. The van der Waals surface area contributed by atoms with Crippen LogP contribution in [0.25, 0.3) is 0 Å². The van der Waals surface area contributed by atoms with Gasteiger partial charge in [0, 0.05) is 17.9 Å².